The van der Waals surface area contributed by atoms with E-state index in [0.717, 1.165) is 27.5 Å². The van der Waals surface area contributed by atoms with Crippen molar-refractivity contribution < 1.29 is 4.42 Å². The van der Waals surface area contributed by atoms with Crippen molar-refractivity contribution in [2.24, 2.45) is 0 Å². The first kappa shape index (κ1) is 23.0. The molecule has 1 heterocycles. The minimum absolute atomic E-state index is 0.916. The molecule has 0 atom stereocenters. The Balaban J connectivity index is 1.40. The van der Waals surface area contributed by atoms with Crippen LogP contribution in [0.5, 0.6) is 0 Å². The molecule has 184 valence electrons. The van der Waals surface area contributed by atoms with Crippen molar-refractivity contribution in [1.29, 1.82) is 0 Å². The number of furan rings is 1. The molecular formula is C38H26O. The van der Waals surface area contributed by atoms with Crippen LogP contribution in [0, 0.1) is 0 Å². The maximum absolute atomic E-state index is 6.03. The van der Waals surface area contributed by atoms with Crippen LogP contribution in [-0.2, 0) is 0 Å². The quantitative estimate of drug-likeness (QED) is 0.170. The average molecular weight is 499 g/mol. The zero-order chi connectivity index (χ0) is 26.3. The summed E-state index contributed by atoms with van der Waals surface area (Å²) in [7, 11) is 0. The summed E-state index contributed by atoms with van der Waals surface area (Å²) in [5, 5.41) is 7.13. The van der Waals surface area contributed by atoms with Gasteiger partial charge in [0.25, 0.3) is 0 Å². The molecule has 39 heavy (non-hydrogen) atoms. The van der Waals surface area contributed by atoms with Gasteiger partial charge in [0.05, 0.1) is 0 Å². The van der Waals surface area contributed by atoms with Crippen LogP contribution in [0.15, 0.2) is 151 Å². The second-order valence-corrected chi connectivity index (χ2v) is 9.85. The fraction of sp³-hybridized carbons (Fsp3) is 0. The Morgan fingerprint density at radius 1 is 0.538 bits per heavy atom. The molecule has 0 saturated heterocycles. The van der Waals surface area contributed by atoms with Gasteiger partial charge in [0.2, 0.25) is 0 Å². The summed E-state index contributed by atoms with van der Waals surface area (Å²) in [6.45, 7) is 8.23. The molecule has 0 radical (unpaired) electrons. The van der Waals surface area contributed by atoms with Crippen molar-refractivity contribution in [2.75, 3.05) is 0 Å². The highest BCUT2D eigenvalue weighted by Crippen LogP contribution is 2.42. The van der Waals surface area contributed by atoms with E-state index in [1.165, 1.54) is 49.4 Å². The SMILES string of the molecule is C=C/C=C\C(=C)c1c2ccccc2c(-c2ccc(-c3ccc4oc5ccccc5c4c3)cc2)c2ccccc12. The lowest BCUT2D eigenvalue weighted by Crippen LogP contribution is -1.92. The van der Waals surface area contributed by atoms with E-state index in [2.05, 4.69) is 116 Å². The van der Waals surface area contributed by atoms with Crippen LogP contribution in [0.1, 0.15) is 5.56 Å². The molecule has 1 heteroatoms. The molecule has 1 aromatic heterocycles. The van der Waals surface area contributed by atoms with Gasteiger partial charge in [-0.2, -0.15) is 0 Å². The zero-order valence-corrected chi connectivity index (χ0v) is 21.5. The Morgan fingerprint density at radius 2 is 1.08 bits per heavy atom. The summed E-state index contributed by atoms with van der Waals surface area (Å²) in [6, 6.07) is 40.9. The molecule has 0 aliphatic carbocycles. The molecule has 0 N–H and O–H groups in total. The van der Waals surface area contributed by atoms with E-state index >= 15 is 0 Å². The van der Waals surface area contributed by atoms with E-state index in [0.29, 0.717) is 0 Å². The largest absolute Gasteiger partial charge is 0.456 e. The first-order valence-electron chi connectivity index (χ1n) is 13.2. The van der Waals surface area contributed by atoms with Gasteiger partial charge in [0.15, 0.2) is 0 Å². The fourth-order valence-corrected chi connectivity index (χ4v) is 5.79. The van der Waals surface area contributed by atoms with Crippen molar-refractivity contribution in [3.05, 3.63) is 152 Å². The van der Waals surface area contributed by atoms with Gasteiger partial charge in [0, 0.05) is 10.8 Å². The first-order chi connectivity index (χ1) is 19.2. The standard InChI is InChI=1S/C38H26O/c1-3-4-11-25(2)37-30-13-5-7-15-32(30)38(33-16-8-6-14-31(33)37)27-20-18-26(19-21-27)28-22-23-36-34(24-28)29-12-9-10-17-35(29)39-36/h3-24H,1-2H2/b11-4-. The molecule has 7 aromatic rings. The maximum Gasteiger partial charge on any atom is 0.135 e. The average Bonchev–Trinajstić information content (AvgIpc) is 3.36. The number of hydrogen-bond donors (Lipinski definition) is 0. The highest BCUT2D eigenvalue weighted by Gasteiger charge is 2.16. The third kappa shape index (κ3) is 3.79. The Labute approximate surface area is 227 Å². The van der Waals surface area contributed by atoms with Crippen molar-refractivity contribution in [1.82, 2.24) is 0 Å². The number of para-hydroxylation sites is 1. The molecule has 0 saturated carbocycles. The minimum Gasteiger partial charge on any atom is -0.456 e. The van der Waals surface area contributed by atoms with Gasteiger partial charge >= 0.3 is 0 Å². The van der Waals surface area contributed by atoms with E-state index in [1.54, 1.807) is 6.08 Å². The van der Waals surface area contributed by atoms with Crippen LogP contribution in [0.2, 0.25) is 0 Å². The Kier molecular flexibility index (Phi) is 5.49. The van der Waals surface area contributed by atoms with Gasteiger partial charge in [-0.25, -0.2) is 0 Å². The van der Waals surface area contributed by atoms with Gasteiger partial charge < -0.3 is 4.42 Å². The monoisotopic (exact) mass is 498 g/mol. The summed E-state index contributed by atoms with van der Waals surface area (Å²) in [6.07, 6.45) is 5.77. The molecule has 0 amide bonds. The summed E-state index contributed by atoms with van der Waals surface area (Å²) < 4.78 is 6.03. The Hall–Kier alpha value is -5.14. The number of fused-ring (bicyclic) bond motifs is 5. The molecule has 0 bridgehead atoms. The van der Waals surface area contributed by atoms with Crippen molar-refractivity contribution >= 4 is 49.1 Å². The van der Waals surface area contributed by atoms with E-state index < -0.39 is 0 Å². The Bertz CT molecular complexity index is 2030. The first-order valence-corrected chi connectivity index (χ1v) is 13.2. The third-order valence-electron chi connectivity index (χ3n) is 7.57. The molecule has 6 aromatic carbocycles. The highest BCUT2D eigenvalue weighted by atomic mass is 16.3. The van der Waals surface area contributed by atoms with Crippen LogP contribution >= 0.6 is 0 Å². The van der Waals surface area contributed by atoms with Crippen LogP contribution in [0.4, 0.5) is 0 Å². The van der Waals surface area contributed by atoms with Crippen LogP contribution in [-0.4, -0.2) is 0 Å². The summed E-state index contributed by atoms with van der Waals surface area (Å²) in [5.74, 6) is 0. The second kappa shape index (κ2) is 9.31. The fourth-order valence-electron chi connectivity index (χ4n) is 5.79. The van der Waals surface area contributed by atoms with Gasteiger partial charge in [-0.3, -0.25) is 0 Å². The molecule has 1 nitrogen and oxygen atoms in total. The van der Waals surface area contributed by atoms with Crippen molar-refractivity contribution in [2.45, 2.75) is 0 Å². The summed E-state index contributed by atoms with van der Waals surface area (Å²) in [5.41, 5.74) is 8.78. The molecule has 0 spiro atoms. The third-order valence-corrected chi connectivity index (χ3v) is 7.57. The van der Waals surface area contributed by atoms with Crippen LogP contribution < -0.4 is 0 Å². The van der Waals surface area contributed by atoms with Gasteiger partial charge in [-0.05, 0) is 73.1 Å². The smallest absolute Gasteiger partial charge is 0.135 e. The number of benzene rings is 6. The van der Waals surface area contributed by atoms with Crippen LogP contribution in [0.25, 0.3) is 71.3 Å². The van der Waals surface area contributed by atoms with Gasteiger partial charge in [-0.15, -0.1) is 0 Å². The molecule has 0 aliphatic heterocycles. The van der Waals surface area contributed by atoms with E-state index in [4.69, 9.17) is 4.42 Å². The lowest BCUT2D eigenvalue weighted by Gasteiger charge is -2.18. The number of allylic oxidation sites excluding steroid dienone is 4. The molecule has 0 unspecified atom stereocenters. The molecule has 7 rings (SSSR count). The van der Waals surface area contributed by atoms with Crippen molar-refractivity contribution in [3.8, 4) is 22.3 Å². The molecule has 0 aliphatic rings. The molecule has 0 fully saturated rings. The Morgan fingerprint density at radius 3 is 1.74 bits per heavy atom. The second-order valence-electron chi connectivity index (χ2n) is 9.85. The van der Waals surface area contributed by atoms with Crippen LogP contribution in [0.3, 0.4) is 0 Å². The predicted molar refractivity (Wildman–Crippen MR) is 168 cm³/mol. The highest BCUT2D eigenvalue weighted by molar-refractivity contribution is 6.19. The maximum atomic E-state index is 6.03. The van der Waals surface area contributed by atoms with Crippen molar-refractivity contribution in [3.63, 3.8) is 0 Å². The van der Waals surface area contributed by atoms with E-state index in [-0.39, 0.29) is 0 Å². The summed E-state index contributed by atoms with van der Waals surface area (Å²) in [4.78, 5) is 0. The summed E-state index contributed by atoms with van der Waals surface area (Å²) >= 11 is 0. The van der Waals surface area contributed by atoms with E-state index in [1.807, 2.05) is 24.3 Å². The zero-order valence-electron chi connectivity index (χ0n) is 21.5. The number of hydrogen-bond acceptors (Lipinski definition) is 1. The normalized spacial score (nSPS) is 11.7. The molecular weight excluding hydrogens is 472 g/mol. The van der Waals surface area contributed by atoms with E-state index in [9.17, 15) is 0 Å². The lowest BCUT2D eigenvalue weighted by atomic mass is 9.86. The minimum atomic E-state index is 0.916. The lowest BCUT2D eigenvalue weighted by molar-refractivity contribution is 0.669. The topological polar surface area (TPSA) is 13.1 Å². The predicted octanol–water partition coefficient (Wildman–Crippen LogP) is 11.0. The van der Waals surface area contributed by atoms with Gasteiger partial charge in [0.1, 0.15) is 11.2 Å². The number of rotatable bonds is 5. The van der Waals surface area contributed by atoms with Gasteiger partial charge in [-0.1, -0.05) is 128 Å².